The number of aliphatic hydroxyl groups is 4. The molecule has 0 fully saturated rings. The molecule has 3 aromatic rings. The summed E-state index contributed by atoms with van der Waals surface area (Å²) in [5.41, 5.74) is 0.397. The maximum absolute atomic E-state index is 12.7. The van der Waals surface area contributed by atoms with Crippen molar-refractivity contribution < 1.29 is 20.4 Å². The Morgan fingerprint density at radius 1 is 1.11 bits per heavy atom. The second kappa shape index (κ2) is 7.12. The Kier molecular flexibility index (Phi) is 5.02. The zero-order valence-electron chi connectivity index (χ0n) is 14.6. The van der Waals surface area contributed by atoms with Crippen LogP contribution in [-0.4, -0.2) is 69.8 Å². The van der Waals surface area contributed by atoms with Gasteiger partial charge in [0, 0.05) is 5.69 Å². The van der Waals surface area contributed by atoms with Gasteiger partial charge >= 0.3 is 5.69 Å². The minimum Gasteiger partial charge on any atom is -0.394 e. The maximum Gasteiger partial charge on any atom is 0.330 e. The lowest BCUT2D eigenvalue weighted by molar-refractivity contribution is -0.0811. The first-order chi connectivity index (χ1) is 12.7. The van der Waals surface area contributed by atoms with Gasteiger partial charge in [0.25, 0.3) is 5.56 Å². The molecule has 0 unspecified atom stereocenters. The average molecular weight is 377 g/mol. The van der Waals surface area contributed by atoms with Gasteiger partial charge in [0.2, 0.25) is 0 Å². The molecule has 3 aromatic heterocycles. The molecule has 0 amide bonds. The number of aryl methyl sites for hydroxylation is 2. The van der Waals surface area contributed by atoms with Gasteiger partial charge in [-0.2, -0.15) is 0 Å². The second-order valence-electron chi connectivity index (χ2n) is 6.31. The van der Waals surface area contributed by atoms with Crippen LogP contribution in [0.15, 0.2) is 15.7 Å². The van der Waals surface area contributed by atoms with Crippen LogP contribution in [0.5, 0.6) is 0 Å². The van der Waals surface area contributed by atoms with Crippen LogP contribution in [0.1, 0.15) is 11.3 Å². The highest BCUT2D eigenvalue weighted by Gasteiger charge is 2.26. The lowest BCUT2D eigenvalue weighted by Gasteiger charge is -2.21. The molecule has 0 saturated heterocycles. The zero-order chi connectivity index (χ0) is 19.9. The summed E-state index contributed by atoms with van der Waals surface area (Å²) in [7, 11) is 0. The van der Waals surface area contributed by atoms with Crippen LogP contribution in [0.25, 0.3) is 22.3 Å². The van der Waals surface area contributed by atoms with Gasteiger partial charge in [-0.15, -0.1) is 0 Å². The number of hydrogen-bond donors (Lipinski definition) is 5. The van der Waals surface area contributed by atoms with E-state index in [1.165, 1.54) is 0 Å². The van der Waals surface area contributed by atoms with E-state index in [0.717, 1.165) is 11.3 Å². The molecule has 27 heavy (non-hydrogen) atoms. The molecule has 5 N–H and O–H groups in total. The SMILES string of the molecule is Cc1cc2nc3c(=O)n(C[C@H](O)[C@H](O)[C@H](O)CO)c(=O)[nH]c3nc2nc1C. The first-order valence-corrected chi connectivity index (χ1v) is 8.16. The molecule has 0 spiro atoms. The Morgan fingerprint density at radius 2 is 1.81 bits per heavy atom. The normalized spacial score (nSPS) is 15.2. The van der Waals surface area contributed by atoms with E-state index in [1.807, 2.05) is 6.92 Å². The van der Waals surface area contributed by atoms with Gasteiger partial charge in [0.15, 0.2) is 16.8 Å². The van der Waals surface area contributed by atoms with Gasteiger partial charge in [-0.05, 0) is 25.5 Å². The summed E-state index contributed by atoms with van der Waals surface area (Å²) >= 11 is 0. The molecule has 11 nitrogen and oxygen atoms in total. The third kappa shape index (κ3) is 3.45. The van der Waals surface area contributed by atoms with E-state index >= 15 is 0 Å². The summed E-state index contributed by atoms with van der Waals surface area (Å²) < 4.78 is 0.648. The van der Waals surface area contributed by atoms with Gasteiger partial charge in [-0.1, -0.05) is 0 Å². The fourth-order valence-corrected chi connectivity index (χ4v) is 2.63. The van der Waals surface area contributed by atoms with Crippen molar-refractivity contribution in [2.75, 3.05) is 6.61 Å². The Balaban J connectivity index is 2.12. The van der Waals surface area contributed by atoms with Crippen LogP contribution in [0.4, 0.5) is 0 Å². The van der Waals surface area contributed by atoms with Crippen molar-refractivity contribution in [3.63, 3.8) is 0 Å². The molecule has 0 aliphatic heterocycles. The third-order valence-corrected chi connectivity index (χ3v) is 4.36. The highest BCUT2D eigenvalue weighted by atomic mass is 16.4. The van der Waals surface area contributed by atoms with Crippen molar-refractivity contribution in [1.82, 2.24) is 24.5 Å². The summed E-state index contributed by atoms with van der Waals surface area (Å²) in [6, 6.07) is 1.72. The van der Waals surface area contributed by atoms with Crippen molar-refractivity contribution in [2.24, 2.45) is 0 Å². The molecule has 3 atom stereocenters. The summed E-state index contributed by atoms with van der Waals surface area (Å²) in [5, 5.41) is 37.9. The number of hydrogen-bond acceptors (Lipinski definition) is 9. The Labute approximate surface area is 151 Å². The third-order valence-electron chi connectivity index (χ3n) is 4.36. The highest BCUT2D eigenvalue weighted by Crippen LogP contribution is 2.14. The molecule has 0 aliphatic rings. The van der Waals surface area contributed by atoms with E-state index in [2.05, 4.69) is 19.9 Å². The van der Waals surface area contributed by atoms with Crippen LogP contribution < -0.4 is 11.2 Å². The van der Waals surface area contributed by atoms with Crippen LogP contribution in [-0.2, 0) is 6.54 Å². The average Bonchev–Trinajstić information content (AvgIpc) is 2.63. The first kappa shape index (κ1) is 19.0. The molecule has 3 heterocycles. The number of nitrogens with zero attached hydrogens (tertiary/aromatic N) is 4. The van der Waals surface area contributed by atoms with Gasteiger partial charge in [0.05, 0.1) is 13.2 Å². The number of nitrogens with one attached hydrogen (secondary N) is 1. The number of aliphatic hydroxyl groups excluding tert-OH is 4. The Hall–Kier alpha value is -2.73. The number of aromatic amines is 1. The molecule has 3 rings (SSSR count). The summed E-state index contributed by atoms with van der Waals surface area (Å²) in [4.78, 5) is 40.0. The fraction of sp³-hybridized carbons (Fsp3) is 0.438. The van der Waals surface area contributed by atoms with Crippen molar-refractivity contribution in [2.45, 2.75) is 38.7 Å². The number of rotatable bonds is 5. The first-order valence-electron chi connectivity index (χ1n) is 8.16. The molecule has 0 radical (unpaired) electrons. The maximum atomic E-state index is 12.7. The largest absolute Gasteiger partial charge is 0.394 e. The van der Waals surface area contributed by atoms with Crippen LogP contribution in [0.3, 0.4) is 0 Å². The van der Waals surface area contributed by atoms with E-state index in [9.17, 15) is 24.9 Å². The molecule has 0 aromatic carbocycles. The summed E-state index contributed by atoms with van der Waals surface area (Å²) in [6.07, 6.45) is -5.02. The quantitative estimate of drug-likeness (QED) is 0.307. The van der Waals surface area contributed by atoms with E-state index in [4.69, 9.17) is 5.11 Å². The van der Waals surface area contributed by atoms with Crippen LogP contribution in [0, 0.1) is 13.8 Å². The van der Waals surface area contributed by atoms with Crippen molar-refractivity contribution in [1.29, 1.82) is 0 Å². The highest BCUT2D eigenvalue weighted by molar-refractivity contribution is 5.81. The molecule has 0 aliphatic carbocycles. The standard InChI is InChI=1S/C16H19N5O6/c1-6-3-8-13(17-7(6)2)19-14-11(18-8)15(26)21(16(27)20-14)4-9(23)12(25)10(24)5-22/h3,9-10,12,22-25H,4-5H2,1-2H3,(H,17,19,20,27)/t9-,10+,12-/m0/s1. The molecule has 11 heteroatoms. The van der Waals surface area contributed by atoms with Crippen molar-refractivity contribution in [3.8, 4) is 0 Å². The van der Waals surface area contributed by atoms with Crippen LogP contribution in [0.2, 0.25) is 0 Å². The van der Waals surface area contributed by atoms with Crippen LogP contribution >= 0.6 is 0 Å². The van der Waals surface area contributed by atoms with Gasteiger partial charge in [0.1, 0.15) is 23.8 Å². The number of aromatic nitrogens is 5. The topological polar surface area (TPSA) is 174 Å². The van der Waals surface area contributed by atoms with Crippen molar-refractivity contribution >= 4 is 22.3 Å². The lowest BCUT2D eigenvalue weighted by Crippen LogP contribution is -2.46. The summed E-state index contributed by atoms with van der Waals surface area (Å²) in [6.45, 7) is 2.25. The Bertz CT molecular complexity index is 1120. The van der Waals surface area contributed by atoms with Gasteiger partial charge in [-0.25, -0.2) is 19.7 Å². The minimum atomic E-state index is -1.74. The fourth-order valence-electron chi connectivity index (χ4n) is 2.63. The van der Waals surface area contributed by atoms with E-state index in [1.54, 1.807) is 13.0 Å². The van der Waals surface area contributed by atoms with Gasteiger partial charge < -0.3 is 20.4 Å². The van der Waals surface area contributed by atoms with Crippen molar-refractivity contribution in [3.05, 3.63) is 38.2 Å². The smallest absolute Gasteiger partial charge is 0.330 e. The molecular formula is C16H19N5O6. The molecule has 144 valence electrons. The van der Waals surface area contributed by atoms with Gasteiger partial charge in [-0.3, -0.25) is 14.3 Å². The number of H-pyrrole nitrogens is 1. The van der Waals surface area contributed by atoms with E-state index in [-0.39, 0.29) is 16.8 Å². The molecular weight excluding hydrogens is 358 g/mol. The Morgan fingerprint density at radius 3 is 2.48 bits per heavy atom. The van der Waals surface area contributed by atoms with E-state index < -0.39 is 42.7 Å². The van der Waals surface area contributed by atoms with E-state index in [0.29, 0.717) is 10.1 Å². The number of pyridine rings is 1. The zero-order valence-corrected chi connectivity index (χ0v) is 14.6. The second-order valence-corrected chi connectivity index (χ2v) is 6.31. The lowest BCUT2D eigenvalue weighted by atomic mass is 10.1. The minimum absolute atomic E-state index is 0.0464. The predicted octanol–water partition coefficient (Wildman–Crippen LogP) is -2.28. The monoisotopic (exact) mass is 377 g/mol. The molecule has 0 bridgehead atoms. The predicted molar refractivity (Wildman–Crippen MR) is 94.3 cm³/mol. The number of fused-ring (bicyclic) bond motifs is 2. The molecule has 0 saturated carbocycles. The summed E-state index contributed by atoms with van der Waals surface area (Å²) in [5.74, 6) is 0.